The zero-order chi connectivity index (χ0) is 14.6. The van der Waals surface area contributed by atoms with E-state index in [9.17, 15) is 4.79 Å². The molecule has 0 aliphatic carbocycles. The van der Waals surface area contributed by atoms with Gasteiger partial charge in [0.2, 0.25) is 5.91 Å². The van der Waals surface area contributed by atoms with Gasteiger partial charge in [0.05, 0.1) is 6.04 Å². The third-order valence-corrected chi connectivity index (χ3v) is 4.21. The van der Waals surface area contributed by atoms with Crippen LogP contribution in [0.4, 0.5) is 0 Å². The molecule has 1 fully saturated rings. The predicted molar refractivity (Wildman–Crippen MR) is 82.9 cm³/mol. The fraction of sp³-hybridized carbons (Fsp3) is 0.588. The van der Waals surface area contributed by atoms with Crippen LogP contribution in [0.5, 0.6) is 0 Å². The molecule has 0 aromatic heterocycles. The lowest BCUT2D eigenvalue weighted by molar-refractivity contribution is -0.123. The van der Waals surface area contributed by atoms with E-state index in [-0.39, 0.29) is 17.4 Å². The third kappa shape index (κ3) is 3.60. The molecule has 0 saturated carbocycles. The van der Waals surface area contributed by atoms with Crippen LogP contribution < -0.4 is 10.6 Å². The maximum atomic E-state index is 12.2. The molecule has 110 valence electrons. The highest BCUT2D eigenvalue weighted by Crippen LogP contribution is 2.25. The van der Waals surface area contributed by atoms with Crippen LogP contribution in [0.1, 0.15) is 44.2 Å². The summed E-state index contributed by atoms with van der Waals surface area (Å²) in [5.41, 5.74) is 2.54. The Bertz CT molecular complexity index is 462. The van der Waals surface area contributed by atoms with Gasteiger partial charge in [-0.15, -0.1) is 0 Å². The molecule has 1 saturated heterocycles. The number of benzene rings is 1. The van der Waals surface area contributed by atoms with Crippen LogP contribution in [0.3, 0.4) is 0 Å². The van der Waals surface area contributed by atoms with Gasteiger partial charge in [-0.2, -0.15) is 0 Å². The minimum Gasteiger partial charge on any atom is -0.354 e. The normalized spacial score (nSPS) is 19.6. The highest BCUT2D eigenvalue weighted by molar-refractivity contribution is 5.81. The summed E-state index contributed by atoms with van der Waals surface area (Å²) in [6.07, 6.45) is 3.28. The second-order valence-corrected chi connectivity index (χ2v) is 6.42. The van der Waals surface area contributed by atoms with Crippen LogP contribution in [0.2, 0.25) is 0 Å². The van der Waals surface area contributed by atoms with Crippen LogP contribution in [0, 0.1) is 6.92 Å². The molecule has 0 bridgehead atoms. The van der Waals surface area contributed by atoms with Gasteiger partial charge in [0.25, 0.3) is 0 Å². The minimum absolute atomic E-state index is 0.00331. The van der Waals surface area contributed by atoms with Crippen molar-refractivity contribution in [3.63, 3.8) is 0 Å². The predicted octanol–water partition coefficient (Wildman–Crippen LogP) is 2.53. The van der Waals surface area contributed by atoms with Crippen LogP contribution in [-0.4, -0.2) is 25.0 Å². The standard InChI is InChI=1S/C17H26N2O/c1-13-8-4-5-9-14(13)17(2,3)12-19-16(20)15-10-6-7-11-18-15/h4-5,8-9,15,18H,6-7,10-12H2,1-3H3,(H,19,20). The van der Waals surface area contributed by atoms with E-state index >= 15 is 0 Å². The molecule has 2 rings (SSSR count). The van der Waals surface area contributed by atoms with Crippen LogP contribution >= 0.6 is 0 Å². The molecule has 1 amide bonds. The molecule has 1 aliphatic rings. The lowest BCUT2D eigenvalue weighted by Crippen LogP contribution is -2.49. The van der Waals surface area contributed by atoms with Gasteiger partial charge in [0, 0.05) is 12.0 Å². The number of hydrogen-bond donors (Lipinski definition) is 2. The summed E-state index contributed by atoms with van der Waals surface area (Å²) in [5.74, 6) is 0.145. The number of carbonyl (C=O) groups excluding carboxylic acids is 1. The first-order valence-electron chi connectivity index (χ1n) is 7.58. The fourth-order valence-electron chi connectivity index (χ4n) is 2.93. The van der Waals surface area contributed by atoms with Gasteiger partial charge in [-0.1, -0.05) is 44.5 Å². The van der Waals surface area contributed by atoms with Gasteiger partial charge in [0.15, 0.2) is 0 Å². The molecule has 3 nitrogen and oxygen atoms in total. The van der Waals surface area contributed by atoms with Gasteiger partial charge in [-0.05, 0) is 37.4 Å². The van der Waals surface area contributed by atoms with Crippen molar-refractivity contribution in [2.45, 2.75) is 51.5 Å². The Morgan fingerprint density at radius 1 is 1.35 bits per heavy atom. The van der Waals surface area contributed by atoms with E-state index in [2.05, 4.69) is 55.7 Å². The number of carbonyl (C=O) groups is 1. The lowest BCUT2D eigenvalue weighted by atomic mass is 9.82. The molecule has 1 aromatic carbocycles. The Labute approximate surface area is 122 Å². The molecule has 1 unspecified atom stereocenters. The molecule has 1 atom stereocenters. The first kappa shape index (κ1) is 15.0. The highest BCUT2D eigenvalue weighted by atomic mass is 16.2. The Kier molecular flexibility index (Phi) is 4.81. The second-order valence-electron chi connectivity index (χ2n) is 6.42. The van der Waals surface area contributed by atoms with Crippen molar-refractivity contribution >= 4 is 5.91 Å². The topological polar surface area (TPSA) is 41.1 Å². The zero-order valence-electron chi connectivity index (χ0n) is 12.8. The quantitative estimate of drug-likeness (QED) is 0.886. The van der Waals surface area contributed by atoms with E-state index < -0.39 is 0 Å². The zero-order valence-corrected chi connectivity index (χ0v) is 12.8. The number of piperidine rings is 1. The first-order chi connectivity index (χ1) is 9.50. The number of aryl methyl sites for hydroxylation is 1. The molecule has 2 N–H and O–H groups in total. The smallest absolute Gasteiger partial charge is 0.237 e. The second kappa shape index (κ2) is 6.40. The van der Waals surface area contributed by atoms with Gasteiger partial charge in [-0.3, -0.25) is 4.79 Å². The summed E-state index contributed by atoms with van der Waals surface area (Å²) in [7, 11) is 0. The van der Waals surface area contributed by atoms with E-state index in [0.717, 1.165) is 19.4 Å². The monoisotopic (exact) mass is 274 g/mol. The minimum atomic E-state index is -0.0460. The van der Waals surface area contributed by atoms with Crippen molar-refractivity contribution < 1.29 is 4.79 Å². The van der Waals surface area contributed by atoms with E-state index in [0.29, 0.717) is 6.54 Å². The summed E-state index contributed by atoms with van der Waals surface area (Å²) in [6, 6.07) is 8.40. The van der Waals surface area contributed by atoms with Crippen LogP contribution in [0.25, 0.3) is 0 Å². The molecular formula is C17H26N2O. The van der Waals surface area contributed by atoms with E-state index in [1.807, 2.05) is 0 Å². The van der Waals surface area contributed by atoms with Crippen molar-refractivity contribution in [3.8, 4) is 0 Å². The Morgan fingerprint density at radius 3 is 2.75 bits per heavy atom. The summed E-state index contributed by atoms with van der Waals surface area (Å²) < 4.78 is 0. The van der Waals surface area contributed by atoms with Gasteiger partial charge in [-0.25, -0.2) is 0 Å². The number of nitrogens with one attached hydrogen (secondary N) is 2. The van der Waals surface area contributed by atoms with Crippen molar-refractivity contribution in [2.24, 2.45) is 0 Å². The molecule has 1 aromatic rings. The highest BCUT2D eigenvalue weighted by Gasteiger charge is 2.26. The Morgan fingerprint density at radius 2 is 2.10 bits per heavy atom. The summed E-state index contributed by atoms with van der Waals surface area (Å²) >= 11 is 0. The molecule has 20 heavy (non-hydrogen) atoms. The van der Waals surface area contributed by atoms with Crippen molar-refractivity contribution in [3.05, 3.63) is 35.4 Å². The van der Waals surface area contributed by atoms with Crippen LogP contribution in [-0.2, 0) is 10.2 Å². The lowest BCUT2D eigenvalue weighted by Gasteiger charge is -2.29. The van der Waals surface area contributed by atoms with E-state index in [1.54, 1.807) is 0 Å². The maximum Gasteiger partial charge on any atom is 0.237 e. The molecule has 1 heterocycles. The summed E-state index contributed by atoms with van der Waals surface area (Å²) in [5, 5.41) is 6.41. The van der Waals surface area contributed by atoms with Gasteiger partial charge < -0.3 is 10.6 Å². The van der Waals surface area contributed by atoms with E-state index in [4.69, 9.17) is 0 Å². The molecule has 1 aliphatic heterocycles. The maximum absolute atomic E-state index is 12.2. The average Bonchev–Trinajstić information content (AvgIpc) is 2.46. The third-order valence-electron chi connectivity index (χ3n) is 4.21. The number of amides is 1. The van der Waals surface area contributed by atoms with Crippen molar-refractivity contribution in [1.29, 1.82) is 0 Å². The summed E-state index contributed by atoms with van der Waals surface area (Å²) in [6.45, 7) is 8.13. The van der Waals surface area contributed by atoms with Crippen molar-refractivity contribution in [1.82, 2.24) is 10.6 Å². The number of hydrogen-bond acceptors (Lipinski definition) is 2. The molecule has 3 heteroatoms. The SMILES string of the molecule is Cc1ccccc1C(C)(C)CNC(=O)C1CCCCN1. The number of rotatable bonds is 4. The Hall–Kier alpha value is -1.35. The van der Waals surface area contributed by atoms with Gasteiger partial charge >= 0.3 is 0 Å². The van der Waals surface area contributed by atoms with Crippen molar-refractivity contribution in [2.75, 3.05) is 13.1 Å². The summed E-state index contributed by atoms with van der Waals surface area (Å²) in [4.78, 5) is 12.2. The van der Waals surface area contributed by atoms with E-state index in [1.165, 1.54) is 17.5 Å². The molecular weight excluding hydrogens is 248 g/mol. The fourth-order valence-corrected chi connectivity index (χ4v) is 2.93. The first-order valence-corrected chi connectivity index (χ1v) is 7.58. The Balaban J connectivity index is 1.95. The molecule has 0 spiro atoms. The largest absolute Gasteiger partial charge is 0.354 e. The van der Waals surface area contributed by atoms with Gasteiger partial charge in [0.1, 0.15) is 0 Å². The molecule has 0 radical (unpaired) electrons. The average molecular weight is 274 g/mol. The van der Waals surface area contributed by atoms with Crippen LogP contribution in [0.15, 0.2) is 24.3 Å².